The third-order valence-electron chi connectivity index (χ3n) is 6.15. The van der Waals surface area contributed by atoms with Crippen LogP contribution >= 0.6 is 0 Å². The van der Waals surface area contributed by atoms with Gasteiger partial charge in [-0.1, -0.05) is 12.5 Å². The zero-order valence-electron chi connectivity index (χ0n) is 16.2. The van der Waals surface area contributed by atoms with E-state index in [0.717, 1.165) is 12.7 Å². The van der Waals surface area contributed by atoms with E-state index in [-0.39, 0.29) is 6.61 Å². The smallest absolute Gasteiger partial charge is 0.461 e. The number of ether oxygens (including phenoxy) is 1. The summed E-state index contributed by atoms with van der Waals surface area (Å²) >= 11 is 0. The molecule has 4 rings (SSSR count). The van der Waals surface area contributed by atoms with E-state index in [2.05, 4.69) is 4.74 Å². The quantitative estimate of drug-likeness (QED) is 0.572. The van der Waals surface area contributed by atoms with Gasteiger partial charge in [0, 0.05) is 0 Å². The molecule has 2 fully saturated rings. The van der Waals surface area contributed by atoms with Gasteiger partial charge in [-0.05, 0) is 42.8 Å². The number of hydrogen-bond donors (Lipinski definition) is 2. The van der Waals surface area contributed by atoms with E-state index in [4.69, 9.17) is 9.07 Å². The fraction of sp³-hybridized carbons (Fsp3) is 0.526. The summed E-state index contributed by atoms with van der Waals surface area (Å²) in [7, 11) is -0.122. The number of fused-ring (bicyclic) bond motifs is 3. The van der Waals surface area contributed by atoms with Crippen molar-refractivity contribution < 1.29 is 38.3 Å². The number of furan rings is 1. The molecule has 0 spiro atoms. The highest BCUT2D eigenvalue weighted by atomic mass is 16.5. The molecular weight excluding hydrogens is 381 g/mol. The minimum absolute atomic E-state index is 0.268. The van der Waals surface area contributed by atoms with Crippen molar-refractivity contribution in [1.29, 1.82) is 0 Å². The van der Waals surface area contributed by atoms with E-state index in [9.17, 15) is 24.5 Å². The van der Waals surface area contributed by atoms with E-state index in [0.29, 0.717) is 41.2 Å². The monoisotopic (exact) mass is 403 g/mol. The number of imide groups is 3. The van der Waals surface area contributed by atoms with E-state index in [1.54, 1.807) is 12.1 Å². The van der Waals surface area contributed by atoms with E-state index in [1.165, 1.54) is 0 Å². The van der Waals surface area contributed by atoms with Crippen molar-refractivity contribution in [3.8, 4) is 0 Å². The van der Waals surface area contributed by atoms with Gasteiger partial charge in [-0.15, -0.1) is 0 Å². The van der Waals surface area contributed by atoms with E-state index < -0.39 is 48.9 Å². The van der Waals surface area contributed by atoms with Crippen molar-refractivity contribution in [3.05, 3.63) is 34.7 Å². The summed E-state index contributed by atoms with van der Waals surface area (Å²) in [5.41, 5.74) is 1.48. The Bertz CT molecular complexity index is 893. The fourth-order valence-corrected chi connectivity index (χ4v) is 4.86. The van der Waals surface area contributed by atoms with Crippen LogP contribution in [0.1, 0.15) is 43.8 Å². The van der Waals surface area contributed by atoms with Crippen molar-refractivity contribution in [2.45, 2.75) is 38.9 Å². The Hall–Kier alpha value is -2.43. The Kier molecular flexibility index (Phi) is 5.10. The highest BCUT2D eigenvalue weighted by Gasteiger charge is 2.59. The molecule has 29 heavy (non-hydrogen) atoms. The predicted molar refractivity (Wildman–Crippen MR) is 97.7 cm³/mol. The summed E-state index contributed by atoms with van der Waals surface area (Å²) < 4.78 is 15.9. The Labute approximate surface area is 167 Å². The molecule has 0 bridgehead atoms. The molecule has 1 aromatic rings. The summed E-state index contributed by atoms with van der Waals surface area (Å²) in [5, 5.41) is 19.9. The van der Waals surface area contributed by atoms with Gasteiger partial charge < -0.3 is 23.9 Å². The molecule has 0 unspecified atom stereocenters. The lowest BCUT2D eigenvalue weighted by atomic mass is 9.55. The van der Waals surface area contributed by atoms with Crippen molar-refractivity contribution in [2.75, 3.05) is 7.11 Å². The number of carbonyl (C=O) groups is 3. The fourth-order valence-electron chi connectivity index (χ4n) is 4.86. The van der Waals surface area contributed by atoms with Crippen LogP contribution in [0.15, 0.2) is 27.6 Å². The van der Waals surface area contributed by atoms with Crippen LogP contribution in [0.3, 0.4) is 0 Å². The zero-order valence-corrected chi connectivity index (χ0v) is 16.2. The molecule has 2 aliphatic heterocycles. The van der Waals surface area contributed by atoms with Gasteiger partial charge in [-0.3, -0.25) is 9.59 Å². The van der Waals surface area contributed by atoms with Gasteiger partial charge in [0.25, 0.3) is 0 Å². The molecule has 0 radical (unpaired) electrons. The minimum Gasteiger partial charge on any atom is -0.461 e. The van der Waals surface area contributed by atoms with E-state index >= 15 is 0 Å². The summed E-state index contributed by atoms with van der Waals surface area (Å²) in [5.74, 6) is -2.27. The molecule has 0 aromatic carbocycles. The van der Waals surface area contributed by atoms with Gasteiger partial charge in [-0.25, -0.2) is 4.79 Å². The third-order valence-corrected chi connectivity index (χ3v) is 6.15. The second-order valence-corrected chi connectivity index (χ2v) is 7.51. The number of rotatable bonds is 3. The molecule has 2 saturated heterocycles. The van der Waals surface area contributed by atoms with Crippen LogP contribution in [-0.2, 0) is 25.6 Å². The first kappa shape index (κ1) is 19.9. The lowest BCUT2D eigenvalue weighted by Crippen LogP contribution is -2.45. The lowest BCUT2D eigenvalue weighted by molar-refractivity contribution is -0.137. The van der Waals surface area contributed by atoms with Gasteiger partial charge in [0.05, 0.1) is 18.9 Å². The highest BCUT2D eigenvalue weighted by Crippen LogP contribution is 2.52. The van der Waals surface area contributed by atoms with Crippen LogP contribution in [-0.4, -0.2) is 47.2 Å². The molecule has 154 valence electrons. The maximum Gasteiger partial charge on any atom is 0.487 e. The first-order valence-corrected chi connectivity index (χ1v) is 9.61. The van der Waals surface area contributed by atoms with Gasteiger partial charge in [0.15, 0.2) is 0 Å². The maximum absolute atomic E-state index is 13.0. The van der Waals surface area contributed by atoms with Gasteiger partial charge in [-0.2, -0.15) is 4.90 Å². The second-order valence-electron chi connectivity index (χ2n) is 7.51. The number of carbonyl (C=O) groups excluding carboxylic acids is 3. The number of aliphatic hydroxyl groups is 1. The minimum atomic E-state index is -1.24. The molecule has 3 heterocycles. The Morgan fingerprint density at radius 2 is 2.07 bits per heavy atom. The number of nitrogens with zero attached hydrogens (tertiary/aromatic N) is 1. The SMILES string of the molecule is CCC1=C2B(O)O[C@H](c3ccc(CO)o3)C[C@H]2[C@H]2C(=O)N(C(=O)OC)C(=O)[C@H]2C1. The van der Waals surface area contributed by atoms with E-state index in [1.807, 2.05) is 6.92 Å². The van der Waals surface area contributed by atoms with Crippen LogP contribution in [0.2, 0.25) is 0 Å². The highest BCUT2D eigenvalue weighted by molar-refractivity contribution is 6.53. The number of aliphatic hydroxyl groups excluding tert-OH is 1. The number of hydrogen-bond acceptors (Lipinski definition) is 8. The standard InChI is InChI=1S/C19H22BNO8/c1-3-9-6-12-15(18(24)21(17(12)23)19(25)27-2)11-7-14(29-20(26)16(9)11)13-5-4-10(8-22)28-13/h4-5,11-12,14-15,22,26H,3,6-8H2,1-2H3/t11-,12-,14-,15+/m0/s1. The molecule has 1 aromatic heterocycles. The van der Waals surface area contributed by atoms with Crippen molar-refractivity contribution >= 4 is 25.0 Å². The average molecular weight is 403 g/mol. The summed E-state index contributed by atoms with van der Waals surface area (Å²) in [6.07, 6.45) is -0.438. The van der Waals surface area contributed by atoms with Gasteiger partial charge >= 0.3 is 13.2 Å². The van der Waals surface area contributed by atoms with Crippen LogP contribution < -0.4 is 0 Å². The lowest BCUT2D eigenvalue weighted by Gasteiger charge is -2.41. The van der Waals surface area contributed by atoms with Crippen LogP contribution in [0.25, 0.3) is 0 Å². The average Bonchev–Trinajstić information content (AvgIpc) is 3.30. The second kappa shape index (κ2) is 7.44. The van der Waals surface area contributed by atoms with Crippen LogP contribution in [0.4, 0.5) is 4.79 Å². The predicted octanol–water partition coefficient (Wildman–Crippen LogP) is 1.35. The molecule has 3 aliphatic rings. The first-order chi connectivity index (χ1) is 13.9. The normalized spacial score (nSPS) is 29.2. The molecule has 1 aliphatic carbocycles. The first-order valence-electron chi connectivity index (χ1n) is 9.61. The summed E-state index contributed by atoms with van der Waals surface area (Å²) in [4.78, 5) is 38.4. The van der Waals surface area contributed by atoms with Crippen LogP contribution in [0, 0.1) is 17.8 Å². The van der Waals surface area contributed by atoms with Crippen LogP contribution in [0.5, 0.6) is 0 Å². The Morgan fingerprint density at radius 3 is 2.69 bits per heavy atom. The number of methoxy groups -OCH3 is 1. The Morgan fingerprint density at radius 1 is 1.31 bits per heavy atom. The van der Waals surface area contributed by atoms with Crippen molar-refractivity contribution in [3.63, 3.8) is 0 Å². The topological polar surface area (TPSA) is 127 Å². The molecular formula is C19H22BNO8. The van der Waals surface area contributed by atoms with Crippen molar-refractivity contribution in [1.82, 2.24) is 4.90 Å². The molecule has 4 atom stereocenters. The van der Waals surface area contributed by atoms with Gasteiger partial charge in [0.1, 0.15) is 24.2 Å². The molecule has 10 heteroatoms. The summed E-state index contributed by atoms with van der Waals surface area (Å²) in [6.45, 7) is 1.65. The van der Waals surface area contributed by atoms with Gasteiger partial charge in [0.2, 0.25) is 11.8 Å². The molecule has 0 saturated carbocycles. The number of amides is 3. The number of likely N-dealkylation sites (tertiary alicyclic amines) is 1. The Balaban J connectivity index is 1.72. The number of allylic oxidation sites excluding steroid dienone is 2. The summed E-state index contributed by atoms with van der Waals surface area (Å²) in [6, 6.07) is 3.27. The largest absolute Gasteiger partial charge is 0.487 e. The van der Waals surface area contributed by atoms with Crippen molar-refractivity contribution in [2.24, 2.45) is 17.8 Å². The maximum atomic E-state index is 13.0. The molecule has 2 N–H and O–H groups in total. The third kappa shape index (κ3) is 3.02. The molecule has 9 nitrogen and oxygen atoms in total. The molecule has 3 amide bonds. The zero-order chi connectivity index (χ0) is 20.9.